The average molecular weight is 283 g/mol. The fourth-order valence-corrected chi connectivity index (χ4v) is 2.34. The van der Waals surface area contributed by atoms with E-state index in [1.54, 1.807) is 0 Å². The largest absolute Gasteiger partial charge is 0.416 e. The van der Waals surface area contributed by atoms with Gasteiger partial charge in [0.05, 0.1) is 16.8 Å². The first kappa shape index (κ1) is 14.7. The minimum absolute atomic E-state index is 0.0318. The average Bonchev–Trinajstić information content (AvgIpc) is 2.91. The zero-order valence-corrected chi connectivity index (χ0v) is 10.9. The predicted octanol–water partition coefficient (Wildman–Crippen LogP) is 2.99. The molecule has 0 spiro atoms. The summed E-state index contributed by atoms with van der Waals surface area (Å²) >= 11 is 0. The van der Waals surface area contributed by atoms with Gasteiger partial charge < -0.3 is 10.6 Å². The number of anilines is 1. The molecule has 1 aliphatic heterocycles. The van der Waals surface area contributed by atoms with Gasteiger partial charge >= 0.3 is 6.18 Å². The molecule has 2 N–H and O–H groups in total. The fraction of sp³-hybridized carbons (Fsp3) is 0.500. The van der Waals surface area contributed by atoms with Crippen molar-refractivity contribution >= 4 is 5.69 Å². The van der Waals surface area contributed by atoms with Crippen LogP contribution in [0.25, 0.3) is 0 Å². The van der Waals surface area contributed by atoms with Gasteiger partial charge in [-0.05, 0) is 50.0 Å². The molecule has 6 heteroatoms. The minimum Gasteiger partial charge on any atom is -0.384 e. The molecule has 1 saturated heterocycles. The maximum atomic E-state index is 12.6. The van der Waals surface area contributed by atoms with E-state index >= 15 is 0 Å². The quantitative estimate of drug-likeness (QED) is 0.893. The second-order valence-electron chi connectivity index (χ2n) is 4.94. The lowest BCUT2D eigenvalue weighted by atomic mass is 10.0. The van der Waals surface area contributed by atoms with Gasteiger partial charge in [-0.3, -0.25) is 0 Å². The Morgan fingerprint density at radius 1 is 1.40 bits per heavy atom. The SMILES string of the molecule is N#Cc1cc(C(F)(F)F)ccc1NCCC1CCNC1. The van der Waals surface area contributed by atoms with E-state index in [0.29, 0.717) is 18.2 Å². The molecule has 0 aliphatic carbocycles. The molecule has 108 valence electrons. The molecule has 1 fully saturated rings. The van der Waals surface area contributed by atoms with Crippen molar-refractivity contribution in [2.75, 3.05) is 25.0 Å². The second kappa shape index (κ2) is 6.14. The third kappa shape index (κ3) is 3.64. The first-order valence-corrected chi connectivity index (χ1v) is 6.56. The number of nitrogens with zero attached hydrogens (tertiary/aromatic N) is 1. The van der Waals surface area contributed by atoms with Gasteiger partial charge in [-0.15, -0.1) is 0 Å². The van der Waals surface area contributed by atoms with E-state index in [2.05, 4.69) is 10.6 Å². The third-order valence-corrected chi connectivity index (χ3v) is 3.50. The van der Waals surface area contributed by atoms with Crippen LogP contribution in [0.3, 0.4) is 0 Å². The van der Waals surface area contributed by atoms with Crippen molar-refractivity contribution in [2.45, 2.75) is 19.0 Å². The Kier molecular flexibility index (Phi) is 4.50. The summed E-state index contributed by atoms with van der Waals surface area (Å²) in [5.41, 5.74) is -0.296. The van der Waals surface area contributed by atoms with Crippen LogP contribution in [0.2, 0.25) is 0 Å². The molecular formula is C14H16F3N3. The van der Waals surface area contributed by atoms with Crippen LogP contribution in [-0.2, 0) is 6.18 Å². The summed E-state index contributed by atoms with van der Waals surface area (Å²) in [5.74, 6) is 0.600. The zero-order valence-electron chi connectivity index (χ0n) is 10.9. The van der Waals surface area contributed by atoms with E-state index in [9.17, 15) is 13.2 Å². The lowest BCUT2D eigenvalue weighted by Crippen LogP contribution is -2.13. The monoisotopic (exact) mass is 283 g/mol. The van der Waals surface area contributed by atoms with Crippen LogP contribution in [0.5, 0.6) is 0 Å². The van der Waals surface area contributed by atoms with Gasteiger partial charge in [-0.25, -0.2) is 0 Å². The molecule has 0 bridgehead atoms. The summed E-state index contributed by atoms with van der Waals surface area (Å²) in [6.07, 6.45) is -2.35. The number of halogens is 3. The maximum Gasteiger partial charge on any atom is 0.416 e. The summed E-state index contributed by atoms with van der Waals surface area (Å²) in [6.45, 7) is 2.67. The number of hydrogen-bond donors (Lipinski definition) is 2. The molecule has 1 aliphatic rings. The molecule has 0 saturated carbocycles. The van der Waals surface area contributed by atoms with Crippen LogP contribution < -0.4 is 10.6 Å². The van der Waals surface area contributed by atoms with E-state index in [-0.39, 0.29) is 5.56 Å². The van der Waals surface area contributed by atoms with Crippen molar-refractivity contribution in [3.05, 3.63) is 29.3 Å². The van der Waals surface area contributed by atoms with Crippen LogP contribution in [0, 0.1) is 17.2 Å². The van der Waals surface area contributed by atoms with Crippen molar-refractivity contribution in [1.82, 2.24) is 5.32 Å². The molecule has 1 unspecified atom stereocenters. The molecular weight excluding hydrogens is 267 g/mol. The maximum absolute atomic E-state index is 12.6. The van der Waals surface area contributed by atoms with E-state index in [4.69, 9.17) is 5.26 Å². The standard InChI is InChI=1S/C14H16F3N3/c15-14(16,17)12-1-2-13(11(7-12)8-18)20-6-4-10-3-5-19-9-10/h1-2,7,10,19-20H,3-6,9H2. The second-order valence-corrected chi connectivity index (χ2v) is 4.94. The van der Waals surface area contributed by atoms with Crippen molar-refractivity contribution < 1.29 is 13.2 Å². The summed E-state index contributed by atoms with van der Waals surface area (Å²) in [6, 6.07) is 5.03. The zero-order chi connectivity index (χ0) is 14.6. The molecule has 1 atom stereocenters. The molecule has 1 aromatic carbocycles. The van der Waals surface area contributed by atoms with Gasteiger partial charge in [0.15, 0.2) is 0 Å². The van der Waals surface area contributed by atoms with Crippen LogP contribution in [-0.4, -0.2) is 19.6 Å². The van der Waals surface area contributed by atoms with Gasteiger partial charge in [-0.1, -0.05) is 0 Å². The Bertz CT molecular complexity index is 499. The van der Waals surface area contributed by atoms with Crippen LogP contribution in [0.4, 0.5) is 18.9 Å². The molecule has 3 nitrogen and oxygen atoms in total. The summed E-state index contributed by atoms with van der Waals surface area (Å²) in [7, 11) is 0. The normalized spacial score (nSPS) is 18.8. The van der Waals surface area contributed by atoms with Gasteiger partial charge in [-0.2, -0.15) is 18.4 Å². The number of rotatable bonds is 4. The Morgan fingerprint density at radius 3 is 2.80 bits per heavy atom. The molecule has 2 rings (SSSR count). The number of nitriles is 1. The highest BCUT2D eigenvalue weighted by Gasteiger charge is 2.31. The summed E-state index contributed by atoms with van der Waals surface area (Å²) in [5, 5.41) is 15.3. The van der Waals surface area contributed by atoms with Gasteiger partial charge in [0.2, 0.25) is 0 Å². The lowest BCUT2D eigenvalue weighted by Gasteiger charge is -2.13. The molecule has 1 heterocycles. The first-order chi connectivity index (χ1) is 9.50. The molecule has 20 heavy (non-hydrogen) atoms. The third-order valence-electron chi connectivity index (χ3n) is 3.50. The molecule has 0 aromatic heterocycles. The molecule has 0 amide bonds. The topological polar surface area (TPSA) is 47.9 Å². The smallest absolute Gasteiger partial charge is 0.384 e. The number of alkyl halides is 3. The van der Waals surface area contributed by atoms with Crippen molar-refractivity contribution in [3.63, 3.8) is 0 Å². The highest BCUT2D eigenvalue weighted by molar-refractivity contribution is 5.58. The van der Waals surface area contributed by atoms with Crippen molar-refractivity contribution in [3.8, 4) is 6.07 Å². The van der Waals surface area contributed by atoms with E-state index in [1.165, 1.54) is 6.07 Å². The first-order valence-electron chi connectivity index (χ1n) is 6.56. The Labute approximate surface area is 115 Å². The number of nitrogens with one attached hydrogen (secondary N) is 2. The molecule has 1 aromatic rings. The van der Waals surface area contributed by atoms with Crippen LogP contribution in [0.15, 0.2) is 18.2 Å². The summed E-state index contributed by atoms with van der Waals surface area (Å²) in [4.78, 5) is 0. The minimum atomic E-state index is -4.42. The van der Waals surface area contributed by atoms with E-state index < -0.39 is 11.7 Å². The van der Waals surface area contributed by atoms with Gasteiger partial charge in [0.1, 0.15) is 6.07 Å². The van der Waals surface area contributed by atoms with Crippen LogP contribution >= 0.6 is 0 Å². The highest BCUT2D eigenvalue weighted by Crippen LogP contribution is 2.31. The van der Waals surface area contributed by atoms with Crippen molar-refractivity contribution in [1.29, 1.82) is 5.26 Å². The van der Waals surface area contributed by atoms with Gasteiger partial charge in [0.25, 0.3) is 0 Å². The van der Waals surface area contributed by atoms with Gasteiger partial charge in [0, 0.05) is 6.54 Å². The summed E-state index contributed by atoms with van der Waals surface area (Å²) < 4.78 is 37.7. The Hall–Kier alpha value is -1.74. The predicted molar refractivity (Wildman–Crippen MR) is 70.2 cm³/mol. The fourth-order valence-electron chi connectivity index (χ4n) is 2.34. The van der Waals surface area contributed by atoms with E-state index in [0.717, 1.165) is 38.1 Å². The Balaban J connectivity index is 1.99. The molecule has 0 radical (unpaired) electrons. The number of benzene rings is 1. The van der Waals surface area contributed by atoms with Crippen LogP contribution in [0.1, 0.15) is 24.0 Å². The van der Waals surface area contributed by atoms with E-state index in [1.807, 2.05) is 6.07 Å². The Morgan fingerprint density at radius 2 is 2.20 bits per heavy atom. The van der Waals surface area contributed by atoms with Crippen molar-refractivity contribution in [2.24, 2.45) is 5.92 Å². The number of hydrogen-bond acceptors (Lipinski definition) is 3. The lowest BCUT2D eigenvalue weighted by molar-refractivity contribution is -0.137. The highest BCUT2D eigenvalue weighted by atomic mass is 19.4.